The Labute approximate surface area is 86.9 Å². The van der Waals surface area contributed by atoms with Gasteiger partial charge >= 0.3 is 0 Å². The molecule has 2 heterocycles. The van der Waals surface area contributed by atoms with Crippen LogP contribution in [0, 0.1) is 6.92 Å². The van der Waals surface area contributed by atoms with Crippen LogP contribution in [0.15, 0.2) is 18.5 Å². The van der Waals surface area contributed by atoms with E-state index in [1.165, 1.54) is 4.88 Å². The van der Waals surface area contributed by atoms with E-state index in [0.717, 1.165) is 22.9 Å². The number of hydrogen-bond acceptors (Lipinski definition) is 4. The van der Waals surface area contributed by atoms with E-state index in [0.29, 0.717) is 0 Å². The molecule has 0 saturated carbocycles. The van der Waals surface area contributed by atoms with Crippen LogP contribution >= 0.6 is 11.3 Å². The van der Waals surface area contributed by atoms with Gasteiger partial charge in [-0.3, -0.25) is 0 Å². The van der Waals surface area contributed by atoms with Gasteiger partial charge in [0.25, 0.3) is 0 Å². The van der Waals surface area contributed by atoms with Crippen molar-refractivity contribution >= 4 is 11.3 Å². The second-order valence-corrected chi connectivity index (χ2v) is 4.09. The van der Waals surface area contributed by atoms with Gasteiger partial charge in [0.05, 0.1) is 0 Å². The summed E-state index contributed by atoms with van der Waals surface area (Å²) in [6.45, 7) is 4.01. The van der Waals surface area contributed by atoms with E-state index in [2.05, 4.69) is 21.9 Å². The largest absolute Gasteiger partial charge is 0.243 e. The molecule has 0 unspecified atom stereocenters. The SMILES string of the molecule is CCc1cnc(-c2ccnc(C)n2)s1. The first kappa shape index (κ1) is 9.27. The molecule has 2 aromatic rings. The molecule has 72 valence electrons. The van der Waals surface area contributed by atoms with Crippen molar-refractivity contribution in [3.05, 3.63) is 29.2 Å². The highest BCUT2D eigenvalue weighted by atomic mass is 32.1. The van der Waals surface area contributed by atoms with E-state index in [1.807, 2.05) is 19.2 Å². The molecular formula is C10H11N3S. The van der Waals surface area contributed by atoms with Crippen LogP contribution in [0.25, 0.3) is 10.7 Å². The van der Waals surface area contributed by atoms with Crippen molar-refractivity contribution in [2.75, 3.05) is 0 Å². The minimum atomic E-state index is 0.788. The number of thiazole rings is 1. The molecule has 14 heavy (non-hydrogen) atoms. The Morgan fingerprint density at radius 3 is 2.86 bits per heavy atom. The normalized spacial score (nSPS) is 10.4. The van der Waals surface area contributed by atoms with E-state index in [1.54, 1.807) is 17.5 Å². The van der Waals surface area contributed by atoms with Crippen LogP contribution in [-0.2, 0) is 6.42 Å². The van der Waals surface area contributed by atoms with Crippen molar-refractivity contribution in [3.63, 3.8) is 0 Å². The number of aryl methyl sites for hydroxylation is 2. The first-order valence-corrected chi connectivity index (χ1v) is 5.36. The van der Waals surface area contributed by atoms with Gasteiger partial charge < -0.3 is 0 Å². The quantitative estimate of drug-likeness (QED) is 0.756. The van der Waals surface area contributed by atoms with Crippen LogP contribution in [-0.4, -0.2) is 15.0 Å². The molecule has 0 bridgehead atoms. The number of hydrogen-bond donors (Lipinski definition) is 0. The summed E-state index contributed by atoms with van der Waals surface area (Å²) in [6.07, 6.45) is 4.71. The van der Waals surface area contributed by atoms with E-state index < -0.39 is 0 Å². The van der Waals surface area contributed by atoms with Crippen LogP contribution in [0.5, 0.6) is 0 Å². The third-order valence-electron chi connectivity index (χ3n) is 1.90. The summed E-state index contributed by atoms with van der Waals surface area (Å²) in [4.78, 5) is 14.0. The minimum Gasteiger partial charge on any atom is -0.243 e. The molecule has 0 aliphatic heterocycles. The number of aromatic nitrogens is 3. The van der Waals surface area contributed by atoms with Gasteiger partial charge in [0.2, 0.25) is 0 Å². The van der Waals surface area contributed by atoms with Gasteiger partial charge in [0.1, 0.15) is 16.5 Å². The maximum atomic E-state index is 4.33. The zero-order chi connectivity index (χ0) is 9.97. The second-order valence-electron chi connectivity index (χ2n) is 2.97. The smallest absolute Gasteiger partial charge is 0.142 e. The molecule has 0 aromatic carbocycles. The van der Waals surface area contributed by atoms with Crippen molar-refractivity contribution in [1.82, 2.24) is 15.0 Å². The zero-order valence-electron chi connectivity index (χ0n) is 8.19. The van der Waals surface area contributed by atoms with E-state index >= 15 is 0 Å². The third kappa shape index (κ3) is 1.80. The van der Waals surface area contributed by atoms with Crippen molar-refractivity contribution in [2.45, 2.75) is 20.3 Å². The minimum absolute atomic E-state index is 0.788. The fourth-order valence-corrected chi connectivity index (χ4v) is 1.99. The Hall–Kier alpha value is -1.29. The average Bonchev–Trinajstić information content (AvgIpc) is 2.66. The van der Waals surface area contributed by atoms with Gasteiger partial charge in [-0.15, -0.1) is 11.3 Å². The zero-order valence-corrected chi connectivity index (χ0v) is 9.01. The molecule has 0 aliphatic carbocycles. The Morgan fingerprint density at radius 1 is 1.36 bits per heavy atom. The summed E-state index contributed by atoms with van der Waals surface area (Å²) in [5.74, 6) is 0.788. The molecule has 2 rings (SSSR count). The monoisotopic (exact) mass is 205 g/mol. The molecule has 0 N–H and O–H groups in total. The van der Waals surface area contributed by atoms with E-state index in [-0.39, 0.29) is 0 Å². The summed E-state index contributed by atoms with van der Waals surface area (Å²) in [7, 11) is 0. The van der Waals surface area contributed by atoms with Crippen molar-refractivity contribution < 1.29 is 0 Å². The molecule has 0 spiro atoms. The maximum absolute atomic E-state index is 4.33. The summed E-state index contributed by atoms with van der Waals surface area (Å²) in [5, 5.41) is 0.979. The van der Waals surface area contributed by atoms with Crippen molar-refractivity contribution in [2.24, 2.45) is 0 Å². The highest BCUT2D eigenvalue weighted by Crippen LogP contribution is 2.23. The molecule has 2 aromatic heterocycles. The van der Waals surface area contributed by atoms with Crippen LogP contribution in [0.1, 0.15) is 17.6 Å². The fourth-order valence-electron chi connectivity index (χ4n) is 1.16. The third-order valence-corrected chi connectivity index (χ3v) is 3.06. The predicted octanol–water partition coefficient (Wildman–Crippen LogP) is 2.47. The molecule has 0 aliphatic rings. The molecule has 0 atom stereocenters. The Bertz CT molecular complexity index is 436. The molecule has 3 nitrogen and oxygen atoms in total. The van der Waals surface area contributed by atoms with Crippen LogP contribution in [0.3, 0.4) is 0 Å². The number of nitrogens with zero attached hydrogens (tertiary/aromatic N) is 3. The number of rotatable bonds is 2. The van der Waals surface area contributed by atoms with Gasteiger partial charge in [-0.1, -0.05) is 6.92 Å². The molecule has 4 heteroatoms. The first-order valence-electron chi connectivity index (χ1n) is 4.54. The second kappa shape index (κ2) is 3.84. The summed E-state index contributed by atoms with van der Waals surface area (Å²) in [6, 6.07) is 1.89. The molecule has 0 amide bonds. The lowest BCUT2D eigenvalue weighted by molar-refractivity contribution is 1.05. The van der Waals surface area contributed by atoms with Crippen LogP contribution in [0.4, 0.5) is 0 Å². The Balaban J connectivity index is 2.39. The topological polar surface area (TPSA) is 38.7 Å². The van der Waals surface area contributed by atoms with Gasteiger partial charge in [-0.2, -0.15) is 0 Å². The maximum Gasteiger partial charge on any atom is 0.142 e. The van der Waals surface area contributed by atoms with Crippen LogP contribution < -0.4 is 0 Å². The summed E-state index contributed by atoms with van der Waals surface area (Å²) in [5.41, 5.74) is 0.919. The molecule has 0 fully saturated rings. The van der Waals surface area contributed by atoms with Crippen molar-refractivity contribution in [1.29, 1.82) is 0 Å². The van der Waals surface area contributed by atoms with Gasteiger partial charge in [0, 0.05) is 17.3 Å². The predicted molar refractivity (Wildman–Crippen MR) is 57.3 cm³/mol. The summed E-state index contributed by atoms with van der Waals surface area (Å²) >= 11 is 1.69. The van der Waals surface area contributed by atoms with Gasteiger partial charge in [-0.25, -0.2) is 15.0 Å². The lowest BCUT2D eigenvalue weighted by Gasteiger charge is -1.95. The lowest BCUT2D eigenvalue weighted by atomic mass is 10.4. The fraction of sp³-hybridized carbons (Fsp3) is 0.300. The standard InChI is InChI=1S/C10H11N3S/c1-3-8-6-12-10(14-8)9-4-5-11-7(2)13-9/h4-6H,3H2,1-2H3. The van der Waals surface area contributed by atoms with Gasteiger partial charge in [-0.05, 0) is 19.4 Å². The highest BCUT2D eigenvalue weighted by molar-refractivity contribution is 7.14. The van der Waals surface area contributed by atoms with Crippen LogP contribution in [0.2, 0.25) is 0 Å². The first-order chi connectivity index (χ1) is 6.79. The molecular weight excluding hydrogens is 194 g/mol. The molecule has 0 saturated heterocycles. The average molecular weight is 205 g/mol. The Morgan fingerprint density at radius 2 is 2.21 bits per heavy atom. The highest BCUT2D eigenvalue weighted by Gasteiger charge is 2.04. The van der Waals surface area contributed by atoms with Crippen molar-refractivity contribution in [3.8, 4) is 10.7 Å². The Kier molecular flexibility index (Phi) is 2.54. The lowest BCUT2D eigenvalue weighted by Crippen LogP contribution is -1.88. The van der Waals surface area contributed by atoms with E-state index in [4.69, 9.17) is 0 Å². The van der Waals surface area contributed by atoms with Gasteiger partial charge in [0.15, 0.2) is 0 Å². The summed E-state index contributed by atoms with van der Waals surface area (Å²) < 4.78 is 0. The molecule has 0 radical (unpaired) electrons. The van der Waals surface area contributed by atoms with E-state index in [9.17, 15) is 0 Å².